The van der Waals surface area contributed by atoms with Gasteiger partial charge in [-0.15, -0.1) is 0 Å². The Morgan fingerprint density at radius 1 is 1.31 bits per heavy atom. The minimum atomic E-state index is -0.158. The molecule has 0 atom stereocenters. The molecular weight excluding hydrogens is 514 g/mol. The number of benzene rings is 2. The second kappa shape index (κ2) is 10.5. The average molecular weight is 539 g/mol. The predicted molar refractivity (Wildman–Crippen MR) is 134 cm³/mol. The summed E-state index contributed by atoms with van der Waals surface area (Å²) in [5.74, 6) is 0.545. The molecule has 32 heavy (non-hydrogen) atoms. The summed E-state index contributed by atoms with van der Waals surface area (Å²) in [6.07, 6.45) is 0.823. The van der Waals surface area contributed by atoms with Crippen molar-refractivity contribution in [3.8, 4) is 5.75 Å². The highest BCUT2D eigenvalue weighted by atomic mass is 79.9. The quantitative estimate of drug-likeness (QED) is 0.403. The van der Waals surface area contributed by atoms with Crippen LogP contribution in [0.2, 0.25) is 5.02 Å². The lowest BCUT2D eigenvalue weighted by Gasteiger charge is -2.28. The molecule has 0 bridgehead atoms. The van der Waals surface area contributed by atoms with Crippen LogP contribution >= 0.6 is 38.9 Å². The Morgan fingerprint density at radius 2 is 2.09 bits per heavy atom. The molecule has 0 aliphatic carbocycles. The number of anilines is 1. The van der Waals surface area contributed by atoms with Crippen molar-refractivity contribution < 1.29 is 14.3 Å². The Kier molecular flexibility index (Phi) is 7.68. The number of morpholine rings is 1. The van der Waals surface area contributed by atoms with Crippen LogP contribution in [0.3, 0.4) is 0 Å². The van der Waals surface area contributed by atoms with Gasteiger partial charge in [0.05, 0.1) is 35.6 Å². The molecule has 9 heteroatoms. The summed E-state index contributed by atoms with van der Waals surface area (Å²) in [7, 11) is 1.63. The number of carbonyl (C=O) groups is 1. The third-order valence-corrected chi connectivity index (χ3v) is 7.54. The molecule has 1 aliphatic heterocycles. The Labute approximate surface area is 205 Å². The molecule has 2 heterocycles. The van der Waals surface area contributed by atoms with Crippen LogP contribution in [0.5, 0.6) is 5.75 Å². The summed E-state index contributed by atoms with van der Waals surface area (Å²) in [5, 5.41) is 1.07. The minimum absolute atomic E-state index is 0.158. The summed E-state index contributed by atoms with van der Waals surface area (Å²) in [6, 6.07) is 9.25. The second-order valence-electron chi connectivity index (χ2n) is 7.65. The van der Waals surface area contributed by atoms with Gasteiger partial charge >= 0.3 is 0 Å². The van der Waals surface area contributed by atoms with Crippen LogP contribution in [0, 0.1) is 6.92 Å². The molecule has 3 aromatic rings. The third kappa shape index (κ3) is 5.10. The number of nitrogens with zero attached hydrogens (tertiary/aromatic N) is 3. The van der Waals surface area contributed by atoms with E-state index in [1.54, 1.807) is 24.1 Å². The molecule has 0 unspecified atom stereocenters. The monoisotopic (exact) mass is 537 g/mol. The molecule has 0 N–H and O–H groups in total. The number of halogens is 2. The van der Waals surface area contributed by atoms with Gasteiger partial charge in [-0.2, -0.15) is 0 Å². The lowest BCUT2D eigenvalue weighted by molar-refractivity contribution is 0.0376. The summed E-state index contributed by atoms with van der Waals surface area (Å²) < 4.78 is 12.8. The molecule has 1 aromatic heterocycles. The minimum Gasteiger partial charge on any atom is -0.494 e. The van der Waals surface area contributed by atoms with Crippen molar-refractivity contribution in [3.05, 3.63) is 51.0 Å². The molecule has 4 rings (SSSR count). The molecule has 1 fully saturated rings. The van der Waals surface area contributed by atoms with Crippen molar-refractivity contribution in [3.63, 3.8) is 0 Å². The third-order valence-electron chi connectivity index (χ3n) is 5.51. The van der Waals surface area contributed by atoms with E-state index < -0.39 is 0 Å². The smallest absolute Gasteiger partial charge is 0.261 e. The van der Waals surface area contributed by atoms with Crippen molar-refractivity contribution >= 4 is 60.1 Å². The SMILES string of the molecule is COc1ccc(C)c2sc(N(CCCN3CCOCC3)C(=O)c3cc(Br)ccc3Cl)nc12. The molecule has 1 aliphatic rings. The fourth-order valence-corrected chi connectivity index (χ4v) is 5.38. The van der Waals surface area contributed by atoms with Crippen LogP contribution < -0.4 is 9.64 Å². The Hall–Kier alpha value is -1.71. The first-order chi connectivity index (χ1) is 15.5. The predicted octanol–water partition coefficient (Wildman–Crippen LogP) is 5.40. The fourth-order valence-electron chi connectivity index (χ4n) is 3.75. The molecule has 170 valence electrons. The Balaban J connectivity index is 1.66. The number of aromatic nitrogens is 1. The van der Waals surface area contributed by atoms with E-state index in [-0.39, 0.29) is 5.91 Å². The van der Waals surface area contributed by atoms with Crippen molar-refractivity contribution in [2.75, 3.05) is 51.4 Å². The highest BCUT2D eigenvalue weighted by Gasteiger charge is 2.25. The first-order valence-electron chi connectivity index (χ1n) is 10.5. The highest BCUT2D eigenvalue weighted by Crippen LogP contribution is 2.37. The van der Waals surface area contributed by atoms with Crippen molar-refractivity contribution in [2.24, 2.45) is 0 Å². The summed E-state index contributed by atoms with van der Waals surface area (Å²) in [4.78, 5) is 22.6. The van der Waals surface area contributed by atoms with Gasteiger partial charge in [-0.3, -0.25) is 14.6 Å². The number of thiazole rings is 1. The van der Waals surface area contributed by atoms with Crippen LogP contribution in [0.15, 0.2) is 34.8 Å². The maximum Gasteiger partial charge on any atom is 0.261 e. The molecule has 0 spiro atoms. The Bertz CT molecular complexity index is 1120. The number of hydrogen-bond donors (Lipinski definition) is 0. The number of amides is 1. The van der Waals surface area contributed by atoms with Crippen LogP contribution in [0.1, 0.15) is 22.3 Å². The highest BCUT2D eigenvalue weighted by molar-refractivity contribution is 9.10. The first-order valence-corrected chi connectivity index (χ1v) is 12.5. The van der Waals surface area contributed by atoms with Gasteiger partial charge < -0.3 is 9.47 Å². The average Bonchev–Trinajstić information content (AvgIpc) is 3.25. The topological polar surface area (TPSA) is 54.9 Å². The maximum absolute atomic E-state index is 13.6. The Morgan fingerprint density at radius 3 is 2.84 bits per heavy atom. The van der Waals surface area contributed by atoms with Gasteiger partial charge in [0.2, 0.25) is 0 Å². The summed E-state index contributed by atoms with van der Waals surface area (Å²) >= 11 is 11.4. The molecule has 1 amide bonds. The molecular formula is C23H25BrClN3O3S. The number of aryl methyl sites for hydroxylation is 1. The number of carbonyl (C=O) groups excluding carboxylic acids is 1. The summed E-state index contributed by atoms with van der Waals surface area (Å²) in [6.45, 7) is 6.83. The van der Waals surface area contributed by atoms with Crippen LogP contribution in [0.4, 0.5) is 5.13 Å². The van der Waals surface area contributed by atoms with Crippen LogP contribution in [-0.2, 0) is 4.74 Å². The zero-order chi connectivity index (χ0) is 22.7. The number of rotatable bonds is 7. The van der Waals surface area contributed by atoms with Gasteiger partial charge in [0.15, 0.2) is 5.13 Å². The van der Waals surface area contributed by atoms with E-state index in [9.17, 15) is 4.79 Å². The van der Waals surface area contributed by atoms with E-state index in [1.165, 1.54) is 11.3 Å². The lowest BCUT2D eigenvalue weighted by Crippen LogP contribution is -2.39. The lowest BCUT2D eigenvalue weighted by atomic mass is 10.2. The zero-order valence-corrected chi connectivity index (χ0v) is 21.2. The number of ether oxygens (including phenoxy) is 2. The van der Waals surface area contributed by atoms with Crippen molar-refractivity contribution in [1.29, 1.82) is 0 Å². The van der Waals surface area contributed by atoms with Gasteiger partial charge in [0, 0.05) is 30.7 Å². The molecule has 0 saturated carbocycles. The number of fused-ring (bicyclic) bond motifs is 1. The fraction of sp³-hybridized carbons (Fsp3) is 0.391. The summed E-state index contributed by atoms with van der Waals surface area (Å²) in [5.41, 5.74) is 2.33. The van der Waals surface area contributed by atoms with Gasteiger partial charge in [0.1, 0.15) is 11.3 Å². The molecule has 0 radical (unpaired) electrons. The van der Waals surface area contributed by atoms with Crippen LogP contribution in [-0.4, -0.2) is 62.3 Å². The molecule has 6 nitrogen and oxygen atoms in total. The van der Waals surface area contributed by atoms with E-state index >= 15 is 0 Å². The number of hydrogen-bond acceptors (Lipinski definition) is 6. The van der Waals surface area contributed by atoms with Gasteiger partial charge in [-0.05, 0) is 43.2 Å². The maximum atomic E-state index is 13.6. The number of methoxy groups -OCH3 is 1. The second-order valence-corrected chi connectivity index (χ2v) is 9.95. The van der Waals surface area contributed by atoms with E-state index in [0.29, 0.717) is 28.0 Å². The normalized spacial score (nSPS) is 14.6. The zero-order valence-electron chi connectivity index (χ0n) is 18.1. The molecule has 2 aromatic carbocycles. The van der Waals surface area contributed by atoms with Crippen molar-refractivity contribution in [2.45, 2.75) is 13.3 Å². The first kappa shape index (κ1) is 23.4. The van der Waals surface area contributed by atoms with Crippen molar-refractivity contribution in [1.82, 2.24) is 9.88 Å². The van der Waals surface area contributed by atoms with E-state index in [0.717, 1.165) is 59.5 Å². The van der Waals surface area contributed by atoms with Crippen LogP contribution in [0.25, 0.3) is 10.2 Å². The van der Waals surface area contributed by atoms with Gasteiger partial charge in [0.25, 0.3) is 5.91 Å². The van der Waals surface area contributed by atoms with Gasteiger partial charge in [-0.1, -0.05) is 44.9 Å². The van der Waals surface area contributed by atoms with Gasteiger partial charge in [-0.25, -0.2) is 4.98 Å². The van der Waals surface area contributed by atoms with E-state index in [2.05, 4.69) is 20.8 Å². The standard InChI is InChI=1S/C23H25BrClN3O3S/c1-15-4-7-19(30-2)20-21(15)32-23(26-20)28(9-3-8-27-10-12-31-13-11-27)22(29)17-14-16(24)5-6-18(17)25/h4-7,14H,3,8-13H2,1-2H3. The molecule has 1 saturated heterocycles. The largest absolute Gasteiger partial charge is 0.494 e. The van der Waals surface area contributed by atoms with E-state index in [1.807, 2.05) is 25.1 Å². The van der Waals surface area contributed by atoms with E-state index in [4.69, 9.17) is 26.1 Å².